The van der Waals surface area contributed by atoms with Crippen LogP contribution >= 0.6 is 0 Å². The fourth-order valence-electron chi connectivity index (χ4n) is 2.18. The molecule has 1 atom stereocenters. The number of amides is 1. The number of carbonyl (C=O) groups is 1. The molecule has 4 nitrogen and oxygen atoms in total. The molecule has 25 heavy (non-hydrogen) atoms. The molecule has 0 bridgehead atoms. The molecule has 0 heterocycles. The Bertz CT molecular complexity index is 743. The third-order valence-corrected chi connectivity index (χ3v) is 3.52. The number of nitrogens with one attached hydrogen (secondary N) is 2. The van der Waals surface area contributed by atoms with E-state index in [1.54, 1.807) is 6.92 Å². The van der Waals surface area contributed by atoms with Gasteiger partial charge in [0.15, 0.2) is 0 Å². The zero-order valence-corrected chi connectivity index (χ0v) is 14.1. The molecule has 2 rings (SSSR count). The summed E-state index contributed by atoms with van der Waals surface area (Å²) in [5.74, 6) is -0.560. The number of anilines is 2. The highest BCUT2D eigenvalue weighted by molar-refractivity contribution is 5.96. The molecule has 7 heteroatoms. The number of hydrogen-bond donors (Lipinski definition) is 2. The Morgan fingerprint density at radius 2 is 1.72 bits per heavy atom. The van der Waals surface area contributed by atoms with Gasteiger partial charge in [0.05, 0.1) is 0 Å². The van der Waals surface area contributed by atoms with Gasteiger partial charge in [0.2, 0.25) is 5.91 Å². The van der Waals surface area contributed by atoms with Crippen LogP contribution in [0.5, 0.6) is 5.75 Å². The second kappa shape index (κ2) is 7.46. The van der Waals surface area contributed by atoms with Gasteiger partial charge in [0.1, 0.15) is 11.8 Å². The summed E-state index contributed by atoms with van der Waals surface area (Å²) in [6.07, 6.45) is -4.73. The molecule has 0 radical (unpaired) electrons. The third kappa shape index (κ3) is 5.70. The Morgan fingerprint density at radius 3 is 2.32 bits per heavy atom. The topological polar surface area (TPSA) is 50.4 Å². The lowest BCUT2D eigenvalue weighted by Crippen LogP contribution is -2.32. The van der Waals surface area contributed by atoms with Crippen LogP contribution in [0.3, 0.4) is 0 Å². The van der Waals surface area contributed by atoms with E-state index in [0.29, 0.717) is 5.69 Å². The van der Waals surface area contributed by atoms with Crippen molar-refractivity contribution in [3.63, 3.8) is 0 Å². The molecule has 0 saturated carbocycles. The second-order valence-electron chi connectivity index (χ2n) is 5.75. The minimum absolute atomic E-state index is 0.246. The van der Waals surface area contributed by atoms with E-state index in [-0.39, 0.29) is 11.7 Å². The zero-order chi connectivity index (χ0) is 18.6. The normalized spacial score (nSPS) is 12.4. The molecule has 134 valence electrons. The fraction of sp³-hybridized carbons (Fsp3) is 0.278. The van der Waals surface area contributed by atoms with Crippen molar-refractivity contribution < 1.29 is 22.7 Å². The van der Waals surface area contributed by atoms with E-state index in [0.717, 1.165) is 16.8 Å². The Morgan fingerprint density at radius 1 is 1.08 bits per heavy atom. The molecule has 0 aliphatic rings. The maximum absolute atomic E-state index is 12.3. The first kappa shape index (κ1) is 18.6. The van der Waals surface area contributed by atoms with E-state index in [1.807, 2.05) is 32.0 Å². The van der Waals surface area contributed by atoms with Gasteiger partial charge in [-0.2, -0.15) is 0 Å². The lowest BCUT2D eigenvalue weighted by atomic mass is 10.1. The van der Waals surface area contributed by atoms with E-state index >= 15 is 0 Å². The van der Waals surface area contributed by atoms with E-state index in [1.165, 1.54) is 24.3 Å². The highest BCUT2D eigenvalue weighted by Crippen LogP contribution is 2.24. The SMILES string of the molecule is Cc1ccc(C)c(NC(=O)C(C)Nc2ccc(OC(F)(F)F)cc2)c1. The maximum atomic E-state index is 12.3. The van der Waals surface area contributed by atoms with Gasteiger partial charge in [-0.05, 0) is 62.2 Å². The molecule has 0 aliphatic carbocycles. The fourth-order valence-corrected chi connectivity index (χ4v) is 2.18. The summed E-state index contributed by atoms with van der Waals surface area (Å²) in [6, 6.07) is 10.4. The smallest absolute Gasteiger partial charge is 0.406 e. The first-order valence-corrected chi connectivity index (χ1v) is 7.64. The van der Waals surface area contributed by atoms with Crippen molar-refractivity contribution in [3.8, 4) is 5.75 Å². The van der Waals surface area contributed by atoms with Crippen LogP contribution in [0.4, 0.5) is 24.5 Å². The lowest BCUT2D eigenvalue weighted by molar-refractivity contribution is -0.274. The van der Waals surface area contributed by atoms with Crippen molar-refractivity contribution in [2.45, 2.75) is 33.2 Å². The first-order valence-electron chi connectivity index (χ1n) is 7.64. The van der Waals surface area contributed by atoms with Gasteiger partial charge >= 0.3 is 6.36 Å². The summed E-state index contributed by atoms with van der Waals surface area (Å²) >= 11 is 0. The standard InChI is InChI=1S/C18H19F3N2O2/c1-11-4-5-12(2)16(10-11)23-17(24)13(3)22-14-6-8-15(9-7-14)25-18(19,20)21/h4-10,13,22H,1-3H3,(H,23,24). The van der Waals surface area contributed by atoms with Crippen molar-refractivity contribution in [2.75, 3.05) is 10.6 Å². The van der Waals surface area contributed by atoms with Crippen molar-refractivity contribution in [3.05, 3.63) is 53.6 Å². The van der Waals surface area contributed by atoms with Crippen molar-refractivity contribution in [1.29, 1.82) is 0 Å². The molecule has 0 aliphatic heterocycles. The number of alkyl halides is 3. The van der Waals surface area contributed by atoms with Gasteiger partial charge in [0.25, 0.3) is 0 Å². The molecule has 0 saturated heterocycles. The summed E-state index contributed by atoms with van der Waals surface area (Å²) in [6.45, 7) is 5.49. The Balaban J connectivity index is 1.97. The Kier molecular flexibility index (Phi) is 5.56. The zero-order valence-electron chi connectivity index (χ0n) is 14.1. The monoisotopic (exact) mass is 352 g/mol. The number of halogens is 3. The van der Waals surface area contributed by atoms with Gasteiger partial charge in [-0.15, -0.1) is 13.2 Å². The third-order valence-electron chi connectivity index (χ3n) is 3.52. The largest absolute Gasteiger partial charge is 0.573 e. The molecule has 1 amide bonds. The van der Waals surface area contributed by atoms with Gasteiger partial charge in [0, 0.05) is 11.4 Å². The summed E-state index contributed by atoms with van der Waals surface area (Å²) in [4.78, 5) is 12.3. The van der Waals surface area contributed by atoms with Crippen LogP contribution in [0.15, 0.2) is 42.5 Å². The van der Waals surface area contributed by atoms with Crippen LogP contribution in [0.25, 0.3) is 0 Å². The summed E-state index contributed by atoms with van der Waals surface area (Å²) in [5, 5.41) is 5.78. The van der Waals surface area contributed by atoms with Crippen molar-refractivity contribution >= 4 is 17.3 Å². The Labute approximate surface area is 144 Å². The predicted molar refractivity (Wildman–Crippen MR) is 90.8 cm³/mol. The summed E-state index contributed by atoms with van der Waals surface area (Å²) in [7, 11) is 0. The minimum Gasteiger partial charge on any atom is -0.406 e. The van der Waals surface area contributed by atoms with Crippen LogP contribution in [-0.2, 0) is 4.79 Å². The molecular formula is C18H19F3N2O2. The summed E-state index contributed by atoms with van der Waals surface area (Å²) < 4.78 is 40.2. The molecule has 0 aromatic heterocycles. The number of ether oxygens (including phenoxy) is 1. The second-order valence-corrected chi connectivity index (χ2v) is 5.75. The molecule has 2 aromatic rings. The average molecular weight is 352 g/mol. The highest BCUT2D eigenvalue weighted by Gasteiger charge is 2.31. The average Bonchev–Trinajstić information content (AvgIpc) is 2.51. The lowest BCUT2D eigenvalue weighted by Gasteiger charge is -2.17. The number of aryl methyl sites for hydroxylation is 2. The van der Waals surface area contributed by atoms with E-state index in [9.17, 15) is 18.0 Å². The summed E-state index contributed by atoms with van der Waals surface area (Å²) in [5.41, 5.74) is 3.22. The van der Waals surface area contributed by atoms with Crippen molar-refractivity contribution in [2.24, 2.45) is 0 Å². The Hall–Kier alpha value is -2.70. The van der Waals surface area contributed by atoms with Crippen LogP contribution < -0.4 is 15.4 Å². The minimum atomic E-state index is -4.73. The molecular weight excluding hydrogens is 333 g/mol. The number of benzene rings is 2. The van der Waals surface area contributed by atoms with Gasteiger partial charge in [-0.3, -0.25) is 4.79 Å². The molecule has 0 spiro atoms. The van der Waals surface area contributed by atoms with E-state index in [2.05, 4.69) is 15.4 Å². The first-order chi connectivity index (χ1) is 11.6. The molecule has 1 unspecified atom stereocenters. The highest BCUT2D eigenvalue weighted by atomic mass is 19.4. The van der Waals surface area contributed by atoms with Crippen LogP contribution in [0.2, 0.25) is 0 Å². The molecule has 0 fully saturated rings. The van der Waals surface area contributed by atoms with Gasteiger partial charge in [-0.1, -0.05) is 12.1 Å². The van der Waals surface area contributed by atoms with Crippen molar-refractivity contribution in [1.82, 2.24) is 0 Å². The number of carbonyl (C=O) groups excluding carboxylic acids is 1. The number of rotatable bonds is 5. The van der Waals surface area contributed by atoms with Crippen LogP contribution in [0, 0.1) is 13.8 Å². The van der Waals surface area contributed by atoms with Crippen LogP contribution in [-0.4, -0.2) is 18.3 Å². The number of hydrogen-bond acceptors (Lipinski definition) is 3. The molecule has 2 aromatic carbocycles. The van der Waals surface area contributed by atoms with E-state index < -0.39 is 12.4 Å². The van der Waals surface area contributed by atoms with Crippen LogP contribution in [0.1, 0.15) is 18.1 Å². The van der Waals surface area contributed by atoms with E-state index in [4.69, 9.17) is 0 Å². The maximum Gasteiger partial charge on any atom is 0.573 e. The molecule has 2 N–H and O–H groups in total. The predicted octanol–water partition coefficient (Wildman–Crippen LogP) is 4.64. The quantitative estimate of drug-likeness (QED) is 0.824. The van der Waals surface area contributed by atoms with Gasteiger partial charge in [-0.25, -0.2) is 0 Å². The van der Waals surface area contributed by atoms with Gasteiger partial charge < -0.3 is 15.4 Å².